The van der Waals surface area contributed by atoms with Gasteiger partial charge in [-0.1, -0.05) is 40.5 Å². The first-order valence-corrected chi connectivity index (χ1v) is 7.68. The van der Waals surface area contributed by atoms with E-state index in [2.05, 4.69) is 21.2 Å². The van der Waals surface area contributed by atoms with Crippen LogP contribution in [0.25, 0.3) is 0 Å². The fourth-order valence-corrected chi connectivity index (χ4v) is 2.85. The Morgan fingerprint density at radius 2 is 1.76 bits per heavy atom. The first-order valence-electron chi connectivity index (χ1n) is 6.89. The molecular formula is C17H18BrF2N. The van der Waals surface area contributed by atoms with Gasteiger partial charge in [0.1, 0.15) is 11.6 Å². The standard InChI is InChI=1S/C17H18BrF2N/c1-4-21-17(12-7-10(2)5-6-14(12)18)13-8-11(3)15(19)9-16(13)20/h5-9,17,21H,4H2,1-3H3. The third-order valence-corrected chi connectivity index (χ3v) is 4.18. The van der Waals surface area contributed by atoms with Crippen LogP contribution in [0.2, 0.25) is 0 Å². The molecule has 0 bridgehead atoms. The van der Waals surface area contributed by atoms with Crippen molar-refractivity contribution in [2.24, 2.45) is 0 Å². The Morgan fingerprint density at radius 1 is 1.05 bits per heavy atom. The summed E-state index contributed by atoms with van der Waals surface area (Å²) in [4.78, 5) is 0. The number of halogens is 3. The first-order chi connectivity index (χ1) is 9.93. The molecule has 0 aromatic heterocycles. The molecule has 2 rings (SSSR count). The van der Waals surface area contributed by atoms with E-state index in [0.717, 1.165) is 21.7 Å². The minimum atomic E-state index is -0.530. The molecule has 2 aromatic rings. The van der Waals surface area contributed by atoms with Crippen LogP contribution < -0.4 is 5.32 Å². The molecule has 1 nitrogen and oxygen atoms in total. The Hall–Kier alpha value is -1.26. The van der Waals surface area contributed by atoms with E-state index in [9.17, 15) is 8.78 Å². The molecule has 1 unspecified atom stereocenters. The molecule has 0 spiro atoms. The number of hydrogen-bond acceptors (Lipinski definition) is 1. The van der Waals surface area contributed by atoms with Crippen molar-refractivity contribution in [2.75, 3.05) is 6.54 Å². The van der Waals surface area contributed by atoms with Crippen molar-refractivity contribution >= 4 is 15.9 Å². The molecule has 1 N–H and O–H groups in total. The molecule has 0 heterocycles. The zero-order valence-corrected chi connectivity index (χ0v) is 13.9. The Bertz CT molecular complexity index is 655. The summed E-state index contributed by atoms with van der Waals surface area (Å²) in [6.07, 6.45) is 0. The number of hydrogen-bond donors (Lipinski definition) is 1. The predicted octanol–water partition coefficient (Wildman–Crippen LogP) is 5.04. The van der Waals surface area contributed by atoms with Gasteiger partial charge in [-0.25, -0.2) is 8.78 Å². The maximum absolute atomic E-state index is 14.2. The van der Waals surface area contributed by atoms with E-state index in [1.807, 2.05) is 32.0 Å². The lowest BCUT2D eigenvalue weighted by atomic mass is 9.95. The van der Waals surface area contributed by atoms with Gasteiger partial charge in [-0.15, -0.1) is 0 Å². The zero-order valence-electron chi connectivity index (χ0n) is 12.3. The van der Waals surface area contributed by atoms with Crippen molar-refractivity contribution in [1.82, 2.24) is 5.32 Å². The molecular weight excluding hydrogens is 336 g/mol. The number of nitrogens with one attached hydrogen (secondary N) is 1. The Balaban J connectivity index is 2.58. The van der Waals surface area contributed by atoms with Gasteiger partial charge in [0.05, 0.1) is 6.04 Å². The summed E-state index contributed by atoms with van der Waals surface area (Å²) >= 11 is 3.52. The summed E-state index contributed by atoms with van der Waals surface area (Å²) in [5.41, 5.74) is 2.94. The zero-order chi connectivity index (χ0) is 15.6. The van der Waals surface area contributed by atoms with Crippen molar-refractivity contribution < 1.29 is 8.78 Å². The molecule has 4 heteroatoms. The predicted molar refractivity (Wildman–Crippen MR) is 85.5 cm³/mol. The summed E-state index contributed by atoms with van der Waals surface area (Å²) in [6.45, 7) is 6.28. The first kappa shape index (κ1) is 16.1. The molecule has 0 aliphatic rings. The fourth-order valence-electron chi connectivity index (χ4n) is 2.38. The Labute approximate surface area is 132 Å². The largest absolute Gasteiger partial charge is 0.306 e. The molecule has 0 fully saturated rings. The van der Waals surface area contributed by atoms with Crippen molar-refractivity contribution in [3.63, 3.8) is 0 Å². The lowest BCUT2D eigenvalue weighted by Gasteiger charge is -2.22. The van der Waals surface area contributed by atoms with Crippen LogP contribution in [0.5, 0.6) is 0 Å². The maximum atomic E-state index is 14.2. The normalized spacial score (nSPS) is 12.5. The van der Waals surface area contributed by atoms with Crippen molar-refractivity contribution in [3.05, 3.63) is 68.7 Å². The van der Waals surface area contributed by atoms with Crippen LogP contribution in [0.1, 0.15) is 35.2 Å². The molecule has 0 saturated heterocycles. The summed E-state index contributed by atoms with van der Waals surface area (Å²) in [5, 5.41) is 3.28. The van der Waals surface area contributed by atoms with Gasteiger partial charge in [0.15, 0.2) is 0 Å². The van der Waals surface area contributed by atoms with E-state index in [1.54, 1.807) is 13.0 Å². The Morgan fingerprint density at radius 3 is 2.43 bits per heavy atom. The molecule has 0 aliphatic heterocycles. The molecule has 112 valence electrons. The smallest absolute Gasteiger partial charge is 0.131 e. The van der Waals surface area contributed by atoms with Gasteiger partial charge in [0.25, 0.3) is 0 Å². The molecule has 0 amide bonds. The molecule has 1 atom stereocenters. The highest BCUT2D eigenvalue weighted by Crippen LogP contribution is 2.32. The second-order valence-corrected chi connectivity index (χ2v) is 5.99. The Kier molecular flexibility index (Phi) is 5.12. The van der Waals surface area contributed by atoms with E-state index in [-0.39, 0.29) is 6.04 Å². The lowest BCUT2D eigenvalue weighted by Crippen LogP contribution is -2.23. The van der Waals surface area contributed by atoms with E-state index < -0.39 is 11.6 Å². The van der Waals surface area contributed by atoms with Crippen LogP contribution in [0.4, 0.5) is 8.78 Å². The van der Waals surface area contributed by atoms with Crippen molar-refractivity contribution in [3.8, 4) is 0 Å². The van der Waals surface area contributed by atoms with Gasteiger partial charge in [0, 0.05) is 16.1 Å². The summed E-state index contributed by atoms with van der Waals surface area (Å²) in [5.74, 6) is -1.05. The average molecular weight is 354 g/mol. The maximum Gasteiger partial charge on any atom is 0.131 e. The molecule has 2 aromatic carbocycles. The highest BCUT2D eigenvalue weighted by atomic mass is 79.9. The van der Waals surface area contributed by atoms with E-state index in [4.69, 9.17) is 0 Å². The van der Waals surface area contributed by atoms with Gasteiger partial charge in [-0.3, -0.25) is 0 Å². The van der Waals surface area contributed by atoms with Crippen molar-refractivity contribution in [1.29, 1.82) is 0 Å². The minimum absolute atomic E-state index is 0.316. The summed E-state index contributed by atoms with van der Waals surface area (Å²) in [7, 11) is 0. The van der Waals surface area contributed by atoms with Gasteiger partial charge >= 0.3 is 0 Å². The molecule has 21 heavy (non-hydrogen) atoms. The highest BCUT2D eigenvalue weighted by molar-refractivity contribution is 9.10. The average Bonchev–Trinajstić information content (AvgIpc) is 2.43. The van der Waals surface area contributed by atoms with Crippen LogP contribution in [-0.2, 0) is 0 Å². The minimum Gasteiger partial charge on any atom is -0.306 e. The van der Waals surface area contributed by atoms with E-state index in [0.29, 0.717) is 17.7 Å². The van der Waals surface area contributed by atoms with Gasteiger partial charge in [-0.2, -0.15) is 0 Å². The third kappa shape index (κ3) is 3.50. The topological polar surface area (TPSA) is 12.0 Å². The van der Waals surface area contributed by atoms with E-state index in [1.165, 1.54) is 0 Å². The summed E-state index contributed by atoms with van der Waals surface area (Å²) < 4.78 is 28.6. The molecule has 0 radical (unpaired) electrons. The van der Waals surface area contributed by atoms with Gasteiger partial charge in [0.2, 0.25) is 0 Å². The van der Waals surface area contributed by atoms with E-state index >= 15 is 0 Å². The van der Waals surface area contributed by atoms with Crippen molar-refractivity contribution in [2.45, 2.75) is 26.8 Å². The van der Waals surface area contributed by atoms with Gasteiger partial charge < -0.3 is 5.32 Å². The number of aryl methyl sites for hydroxylation is 2. The van der Waals surface area contributed by atoms with Crippen LogP contribution in [0.15, 0.2) is 34.8 Å². The SMILES string of the molecule is CCNC(c1cc(C)c(F)cc1F)c1cc(C)ccc1Br. The van der Waals surface area contributed by atoms with Crippen LogP contribution in [0, 0.1) is 25.5 Å². The van der Waals surface area contributed by atoms with Gasteiger partial charge in [-0.05, 0) is 43.7 Å². The van der Waals surface area contributed by atoms with Crippen LogP contribution in [-0.4, -0.2) is 6.54 Å². The summed E-state index contributed by atoms with van der Waals surface area (Å²) in [6, 6.07) is 8.16. The highest BCUT2D eigenvalue weighted by Gasteiger charge is 2.21. The molecule has 0 saturated carbocycles. The fraction of sp³-hybridized carbons (Fsp3) is 0.294. The lowest BCUT2D eigenvalue weighted by molar-refractivity contribution is 0.537. The van der Waals surface area contributed by atoms with Crippen LogP contribution >= 0.6 is 15.9 Å². The quantitative estimate of drug-likeness (QED) is 0.811. The second-order valence-electron chi connectivity index (χ2n) is 5.14. The number of benzene rings is 2. The van der Waals surface area contributed by atoms with Crippen LogP contribution in [0.3, 0.4) is 0 Å². The monoisotopic (exact) mass is 353 g/mol. The second kappa shape index (κ2) is 6.67. The molecule has 0 aliphatic carbocycles. The number of rotatable bonds is 4. The third-order valence-electron chi connectivity index (χ3n) is 3.46.